The first-order valence-corrected chi connectivity index (χ1v) is 5.63. The maximum atomic E-state index is 9.80. The summed E-state index contributed by atoms with van der Waals surface area (Å²) < 4.78 is 1.81. The maximum Gasteiger partial charge on any atom is 0.161 e. The average molecular weight is 216 g/mol. The number of benzene rings is 1. The van der Waals surface area contributed by atoms with E-state index in [1.54, 1.807) is 10.9 Å². The van der Waals surface area contributed by atoms with Gasteiger partial charge in [-0.2, -0.15) is 5.10 Å². The second-order valence-electron chi connectivity index (χ2n) is 3.85. The van der Waals surface area contributed by atoms with E-state index >= 15 is 0 Å². The third-order valence-electron chi connectivity index (χ3n) is 2.53. The van der Waals surface area contributed by atoms with Gasteiger partial charge >= 0.3 is 0 Å². The van der Waals surface area contributed by atoms with E-state index in [-0.39, 0.29) is 5.75 Å². The Hall–Kier alpha value is -1.77. The van der Waals surface area contributed by atoms with Crippen molar-refractivity contribution in [3.63, 3.8) is 0 Å². The molecule has 0 amide bonds. The Bertz CT molecular complexity index is 448. The van der Waals surface area contributed by atoms with E-state index in [9.17, 15) is 5.11 Å². The molecule has 0 aliphatic heterocycles. The number of hydrogen-bond acceptors (Lipinski definition) is 2. The second-order valence-corrected chi connectivity index (χ2v) is 3.85. The normalized spacial score (nSPS) is 10.6. The first-order chi connectivity index (χ1) is 7.81. The molecule has 0 radical (unpaired) electrons. The summed E-state index contributed by atoms with van der Waals surface area (Å²) in [4.78, 5) is 0. The predicted octanol–water partition coefficient (Wildman–Crippen LogP) is 3.06. The molecule has 0 saturated carbocycles. The number of aryl methyl sites for hydroxylation is 1. The van der Waals surface area contributed by atoms with E-state index in [0.717, 1.165) is 24.9 Å². The van der Waals surface area contributed by atoms with Gasteiger partial charge in [0.2, 0.25) is 0 Å². The van der Waals surface area contributed by atoms with E-state index in [1.807, 2.05) is 30.3 Å². The van der Waals surface area contributed by atoms with Crippen LogP contribution in [0, 0.1) is 0 Å². The number of rotatable bonds is 4. The van der Waals surface area contributed by atoms with Crippen LogP contribution in [0.5, 0.6) is 5.75 Å². The summed E-state index contributed by atoms with van der Waals surface area (Å²) in [6.45, 7) is 3.00. The molecule has 0 fully saturated rings. The van der Waals surface area contributed by atoms with Crippen LogP contribution in [0.25, 0.3) is 11.3 Å². The zero-order chi connectivity index (χ0) is 11.4. The zero-order valence-corrected chi connectivity index (χ0v) is 9.43. The topological polar surface area (TPSA) is 38.0 Å². The lowest BCUT2D eigenvalue weighted by molar-refractivity contribution is 0.474. The first kappa shape index (κ1) is 10.7. The van der Waals surface area contributed by atoms with Crippen molar-refractivity contribution in [2.45, 2.75) is 26.3 Å². The van der Waals surface area contributed by atoms with Crippen molar-refractivity contribution in [1.82, 2.24) is 9.78 Å². The Labute approximate surface area is 95.3 Å². The van der Waals surface area contributed by atoms with E-state index in [1.165, 1.54) is 0 Å². The standard InChI is InChI=1S/C13H16N2O/c1-2-3-9-15-10-12(16)13(14-15)11-7-5-4-6-8-11/h4-8,10,16H,2-3,9H2,1H3. The Balaban J connectivity index is 2.25. The molecule has 2 aromatic rings. The van der Waals surface area contributed by atoms with Gasteiger partial charge in [0, 0.05) is 12.1 Å². The fourth-order valence-electron chi connectivity index (χ4n) is 1.65. The summed E-state index contributed by atoms with van der Waals surface area (Å²) in [5.41, 5.74) is 1.62. The monoisotopic (exact) mass is 216 g/mol. The summed E-state index contributed by atoms with van der Waals surface area (Å²) >= 11 is 0. The van der Waals surface area contributed by atoms with E-state index in [2.05, 4.69) is 12.0 Å². The molecule has 0 aliphatic rings. The zero-order valence-electron chi connectivity index (χ0n) is 9.43. The average Bonchev–Trinajstić information content (AvgIpc) is 2.69. The van der Waals surface area contributed by atoms with Crippen LogP contribution in [0.3, 0.4) is 0 Å². The summed E-state index contributed by atoms with van der Waals surface area (Å²) in [5, 5.41) is 14.2. The molecule has 16 heavy (non-hydrogen) atoms. The minimum atomic E-state index is 0.252. The predicted molar refractivity (Wildman–Crippen MR) is 64.2 cm³/mol. The summed E-state index contributed by atoms with van der Waals surface area (Å²) in [7, 11) is 0. The summed E-state index contributed by atoms with van der Waals surface area (Å²) in [6, 6.07) is 9.74. The number of nitrogens with zero attached hydrogens (tertiary/aromatic N) is 2. The molecule has 1 aromatic carbocycles. The van der Waals surface area contributed by atoms with Gasteiger partial charge in [-0.3, -0.25) is 4.68 Å². The van der Waals surface area contributed by atoms with Crippen LogP contribution in [-0.4, -0.2) is 14.9 Å². The largest absolute Gasteiger partial charge is 0.504 e. The molecular weight excluding hydrogens is 200 g/mol. The lowest BCUT2D eigenvalue weighted by Crippen LogP contribution is -1.97. The van der Waals surface area contributed by atoms with Crippen LogP contribution in [0.1, 0.15) is 19.8 Å². The smallest absolute Gasteiger partial charge is 0.161 e. The molecule has 3 nitrogen and oxygen atoms in total. The Kier molecular flexibility index (Phi) is 3.25. The van der Waals surface area contributed by atoms with Gasteiger partial charge in [0.15, 0.2) is 5.75 Å². The molecular formula is C13H16N2O. The van der Waals surface area contributed by atoms with Crippen LogP contribution in [0.4, 0.5) is 0 Å². The highest BCUT2D eigenvalue weighted by molar-refractivity contribution is 5.64. The molecule has 0 saturated heterocycles. The number of hydrogen-bond donors (Lipinski definition) is 1. The summed E-state index contributed by atoms with van der Waals surface area (Å²) in [6.07, 6.45) is 3.90. The number of unbranched alkanes of at least 4 members (excludes halogenated alkanes) is 1. The third kappa shape index (κ3) is 2.24. The van der Waals surface area contributed by atoms with Crippen LogP contribution < -0.4 is 0 Å². The number of aromatic nitrogens is 2. The van der Waals surface area contributed by atoms with Crippen molar-refractivity contribution in [2.24, 2.45) is 0 Å². The van der Waals surface area contributed by atoms with Crippen molar-refractivity contribution in [3.8, 4) is 17.0 Å². The molecule has 0 aliphatic carbocycles. The lowest BCUT2D eigenvalue weighted by atomic mass is 10.1. The molecule has 2 rings (SSSR count). The third-order valence-corrected chi connectivity index (χ3v) is 2.53. The van der Waals surface area contributed by atoms with Gasteiger partial charge in [0.05, 0.1) is 6.20 Å². The van der Waals surface area contributed by atoms with E-state index in [0.29, 0.717) is 5.69 Å². The molecule has 0 unspecified atom stereocenters. The Morgan fingerprint density at radius 2 is 2.00 bits per heavy atom. The van der Waals surface area contributed by atoms with E-state index < -0.39 is 0 Å². The molecule has 1 aromatic heterocycles. The van der Waals surface area contributed by atoms with Crippen molar-refractivity contribution in [1.29, 1.82) is 0 Å². The van der Waals surface area contributed by atoms with Crippen LogP contribution in [-0.2, 0) is 6.54 Å². The van der Waals surface area contributed by atoms with Gasteiger partial charge in [0.1, 0.15) is 5.69 Å². The van der Waals surface area contributed by atoms with Gasteiger partial charge in [0.25, 0.3) is 0 Å². The van der Waals surface area contributed by atoms with Crippen molar-refractivity contribution in [2.75, 3.05) is 0 Å². The first-order valence-electron chi connectivity index (χ1n) is 5.63. The molecule has 1 N–H and O–H groups in total. The van der Waals surface area contributed by atoms with Gasteiger partial charge in [-0.05, 0) is 6.42 Å². The Morgan fingerprint density at radius 3 is 2.69 bits per heavy atom. The highest BCUT2D eigenvalue weighted by atomic mass is 16.3. The molecule has 0 bridgehead atoms. The van der Waals surface area contributed by atoms with Crippen molar-refractivity contribution >= 4 is 0 Å². The highest BCUT2D eigenvalue weighted by Gasteiger charge is 2.08. The molecule has 1 heterocycles. The lowest BCUT2D eigenvalue weighted by Gasteiger charge is -1.98. The second kappa shape index (κ2) is 4.84. The minimum Gasteiger partial charge on any atom is -0.504 e. The van der Waals surface area contributed by atoms with Crippen molar-refractivity contribution in [3.05, 3.63) is 36.5 Å². The fraction of sp³-hybridized carbons (Fsp3) is 0.308. The Morgan fingerprint density at radius 1 is 1.25 bits per heavy atom. The van der Waals surface area contributed by atoms with E-state index in [4.69, 9.17) is 0 Å². The number of aromatic hydroxyl groups is 1. The van der Waals surface area contributed by atoms with Crippen LogP contribution >= 0.6 is 0 Å². The quantitative estimate of drug-likeness (QED) is 0.853. The van der Waals surface area contributed by atoms with Gasteiger partial charge in [-0.25, -0.2) is 0 Å². The molecule has 0 atom stereocenters. The van der Waals surface area contributed by atoms with Crippen molar-refractivity contribution < 1.29 is 5.11 Å². The van der Waals surface area contributed by atoms with Gasteiger partial charge < -0.3 is 5.11 Å². The SMILES string of the molecule is CCCCn1cc(O)c(-c2ccccc2)n1. The fourth-order valence-corrected chi connectivity index (χ4v) is 1.65. The molecule has 84 valence electrons. The van der Waals surface area contributed by atoms with Gasteiger partial charge in [-0.1, -0.05) is 43.7 Å². The van der Waals surface area contributed by atoms with Gasteiger partial charge in [-0.15, -0.1) is 0 Å². The minimum absolute atomic E-state index is 0.252. The maximum absolute atomic E-state index is 9.80. The molecule has 3 heteroatoms. The van der Waals surface area contributed by atoms with Crippen LogP contribution in [0.15, 0.2) is 36.5 Å². The molecule has 0 spiro atoms. The summed E-state index contributed by atoms with van der Waals surface area (Å²) in [5.74, 6) is 0.252. The van der Waals surface area contributed by atoms with Crippen LogP contribution in [0.2, 0.25) is 0 Å². The highest BCUT2D eigenvalue weighted by Crippen LogP contribution is 2.26.